The predicted molar refractivity (Wildman–Crippen MR) is 136 cm³/mol. The molecule has 0 aromatic carbocycles. The van der Waals surface area contributed by atoms with Gasteiger partial charge in [0, 0.05) is 13.3 Å². The SMILES string of the molecule is C=CCCCCCCCCCCCCCCCCC1N=CC[N+]1(CC)CCNC(C)=O. The molecule has 1 N–H and O–H groups in total. The van der Waals surface area contributed by atoms with Gasteiger partial charge in [-0.1, -0.05) is 83.1 Å². The highest BCUT2D eigenvalue weighted by atomic mass is 16.1. The van der Waals surface area contributed by atoms with Crippen LogP contribution in [0.4, 0.5) is 0 Å². The first-order chi connectivity index (χ1) is 15.1. The van der Waals surface area contributed by atoms with Crippen molar-refractivity contribution in [3.63, 3.8) is 0 Å². The van der Waals surface area contributed by atoms with Crippen LogP contribution in [0.1, 0.15) is 117 Å². The molecule has 0 aromatic rings. The van der Waals surface area contributed by atoms with Crippen LogP contribution >= 0.6 is 0 Å². The Hall–Kier alpha value is -1.16. The van der Waals surface area contributed by atoms with Crippen LogP contribution in [0, 0.1) is 0 Å². The number of allylic oxidation sites excluding steroid dienone is 1. The number of hydrogen-bond acceptors (Lipinski definition) is 2. The smallest absolute Gasteiger partial charge is 0.217 e. The van der Waals surface area contributed by atoms with Crippen molar-refractivity contribution < 1.29 is 9.28 Å². The molecule has 0 saturated heterocycles. The molecule has 1 amide bonds. The van der Waals surface area contributed by atoms with Crippen LogP contribution in [0.15, 0.2) is 17.6 Å². The van der Waals surface area contributed by atoms with Crippen molar-refractivity contribution in [2.24, 2.45) is 4.99 Å². The van der Waals surface area contributed by atoms with Gasteiger partial charge in [0.1, 0.15) is 6.54 Å². The number of carbonyl (C=O) groups is 1. The molecule has 0 saturated carbocycles. The summed E-state index contributed by atoms with van der Waals surface area (Å²) in [4.78, 5) is 16.0. The molecule has 0 spiro atoms. The van der Waals surface area contributed by atoms with E-state index in [0.717, 1.165) is 30.7 Å². The van der Waals surface area contributed by atoms with Gasteiger partial charge >= 0.3 is 0 Å². The highest BCUT2D eigenvalue weighted by Gasteiger charge is 2.37. The van der Waals surface area contributed by atoms with Crippen molar-refractivity contribution >= 4 is 12.1 Å². The summed E-state index contributed by atoms with van der Waals surface area (Å²) in [6.07, 6.45) is 26.4. The highest BCUT2D eigenvalue weighted by Crippen LogP contribution is 2.24. The third-order valence-electron chi connectivity index (χ3n) is 7.04. The maximum absolute atomic E-state index is 11.2. The Balaban J connectivity index is 1.94. The first-order valence-electron chi connectivity index (χ1n) is 13.4. The lowest BCUT2D eigenvalue weighted by atomic mass is 10.0. The van der Waals surface area contributed by atoms with Gasteiger partial charge < -0.3 is 5.32 Å². The van der Waals surface area contributed by atoms with E-state index < -0.39 is 0 Å². The fourth-order valence-corrected chi connectivity index (χ4v) is 4.87. The van der Waals surface area contributed by atoms with Crippen LogP contribution in [-0.4, -0.2) is 48.9 Å². The Morgan fingerprint density at radius 1 is 0.968 bits per heavy atom. The van der Waals surface area contributed by atoms with Gasteiger partial charge in [-0.2, -0.15) is 0 Å². The van der Waals surface area contributed by atoms with E-state index in [4.69, 9.17) is 4.99 Å². The van der Waals surface area contributed by atoms with Crippen LogP contribution in [0.3, 0.4) is 0 Å². The molecule has 1 aliphatic heterocycles. The maximum Gasteiger partial charge on any atom is 0.217 e. The fraction of sp³-hybridized carbons (Fsp3) is 0.852. The second-order valence-electron chi connectivity index (χ2n) is 9.55. The molecule has 0 aromatic heterocycles. The van der Waals surface area contributed by atoms with E-state index in [2.05, 4.69) is 25.0 Å². The molecule has 1 rings (SSSR count). The van der Waals surface area contributed by atoms with Crippen molar-refractivity contribution in [3.8, 4) is 0 Å². The summed E-state index contributed by atoms with van der Waals surface area (Å²) < 4.78 is 1.02. The van der Waals surface area contributed by atoms with Crippen molar-refractivity contribution in [2.45, 2.75) is 123 Å². The lowest BCUT2D eigenvalue weighted by molar-refractivity contribution is -0.935. The molecule has 4 heteroatoms. The third-order valence-corrected chi connectivity index (χ3v) is 7.04. The minimum Gasteiger partial charge on any atom is -0.351 e. The van der Waals surface area contributed by atoms with Crippen molar-refractivity contribution in [3.05, 3.63) is 12.7 Å². The van der Waals surface area contributed by atoms with Crippen molar-refractivity contribution in [1.29, 1.82) is 0 Å². The summed E-state index contributed by atoms with van der Waals surface area (Å²) >= 11 is 0. The summed E-state index contributed by atoms with van der Waals surface area (Å²) in [5, 5.41) is 2.96. The molecule has 2 atom stereocenters. The first kappa shape index (κ1) is 27.9. The Morgan fingerprint density at radius 3 is 1.97 bits per heavy atom. The molecular formula is C27H52N3O+. The minimum atomic E-state index is 0.0702. The quantitative estimate of drug-likeness (QED) is 0.120. The molecule has 0 aliphatic carbocycles. The van der Waals surface area contributed by atoms with Gasteiger partial charge in [0.05, 0.1) is 25.8 Å². The Morgan fingerprint density at radius 2 is 1.48 bits per heavy atom. The average Bonchev–Trinajstić information content (AvgIpc) is 3.16. The Bertz CT molecular complexity index is 491. The predicted octanol–water partition coefficient (Wildman–Crippen LogP) is 6.80. The van der Waals surface area contributed by atoms with Crippen LogP contribution < -0.4 is 5.32 Å². The third kappa shape index (κ3) is 13.1. The normalized spacial score (nSPS) is 20.3. The zero-order valence-electron chi connectivity index (χ0n) is 20.9. The van der Waals surface area contributed by atoms with E-state index in [9.17, 15) is 4.79 Å². The number of amides is 1. The van der Waals surface area contributed by atoms with Crippen LogP contribution in [0.25, 0.3) is 0 Å². The summed E-state index contributed by atoms with van der Waals surface area (Å²) in [6, 6.07) is 0. The van der Waals surface area contributed by atoms with Gasteiger partial charge in [0.25, 0.3) is 0 Å². The first-order valence-corrected chi connectivity index (χ1v) is 13.4. The van der Waals surface area contributed by atoms with E-state index in [1.54, 1.807) is 6.92 Å². The monoisotopic (exact) mass is 434 g/mol. The number of hydrogen-bond donors (Lipinski definition) is 1. The van der Waals surface area contributed by atoms with E-state index in [-0.39, 0.29) is 5.91 Å². The molecule has 0 radical (unpaired) electrons. The van der Waals surface area contributed by atoms with Gasteiger partial charge in [0.2, 0.25) is 5.91 Å². The molecule has 1 aliphatic rings. The number of nitrogens with zero attached hydrogens (tertiary/aromatic N) is 2. The molecule has 1 heterocycles. The highest BCUT2D eigenvalue weighted by molar-refractivity contribution is 5.72. The number of carbonyl (C=O) groups excluding carboxylic acids is 1. The van der Waals surface area contributed by atoms with E-state index in [1.165, 1.54) is 103 Å². The number of unbranched alkanes of at least 4 members (excludes halogenated alkanes) is 14. The lowest BCUT2D eigenvalue weighted by Gasteiger charge is -2.38. The zero-order valence-corrected chi connectivity index (χ0v) is 20.9. The van der Waals surface area contributed by atoms with Gasteiger partial charge in [-0.3, -0.25) is 9.28 Å². The molecular weight excluding hydrogens is 382 g/mol. The van der Waals surface area contributed by atoms with Gasteiger partial charge in [-0.15, -0.1) is 6.58 Å². The second kappa shape index (κ2) is 18.4. The number of quaternary nitrogens is 1. The fourth-order valence-electron chi connectivity index (χ4n) is 4.87. The lowest BCUT2D eigenvalue weighted by Crippen LogP contribution is -2.55. The Kier molecular flexibility index (Phi) is 16.6. The van der Waals surface area contributed by atoms with Crippen molar-refractivity contribution in [2.75, 3.05) is 26.2 Å². The van der Waals surface area contributed by atoms with Gasteiger partial charge in [-0.05, 0) is 26.2 Å². The average molecular weight is 435 g/mol. The summed E-state index contributed by atoms with van der Waals surface area (Å²) in [7, 11) is 0. The van der Waals surface area contributed by atoms with Crippen molar-refractivity contribution in [1.82, 2.24) is 5.32 Å². The van der Waals surface area contributed by atoms with Crippen LogP contribution in [0.2, 0.25) is 0 Å². The van der Waals surface area contributed by atoms with E-state index >= 15 is 0 Å². The largest absolute Gasteiger partial charge is 0.351 e. The molecule has 2 unspecified atom stereocenters. The van der Waals surface area contributed by atoms with E-state index in [0.29, 0.717) is 6.17 Å². The summed E-state index contributed by atoms with van der Waals surface area (Å²) in [5.41, 5.74) is 0. The summed E-state index contributed by atoms with van der Waals surface area (Å²) in [5.74, 6) is 0.0702. The number of aliphatic imine (C=N–C) groups is 1. The van der Waals surface area contributed by atoms with Crippen LogP contribution in [-0.2, 0) is 4.79 Å². The number of rotatable bonds is 21. The molecule has 0 bridgehead atoms. The van der Waals surface area contributed by atoms with Gasteiger partial charge in [0.15, 0.2) is 6.17 Å². The standard InChI is InChI=1S/C27H51N3O/c1-4-6-7-8-9-10-11-12-13-14-15-16-17-18-19-20-21-27-29-23-25-30(27,5-2)24-22-28-26(3)31/h4,23,27H,1,5-22,24-25H2,2-3H3/p+1. The molecule has 31 heavy (non-hydrogen) atoms. The zero-order chi connectivity index (χ0) is 22.6. The summed E-state index contributed by atoms with van der Waals surface area (Å²) in [6.45, 7) is 11.5. The topological polar surface area (TPSA) is 41.5 Å². The van der Waals surface area contributed by atoms with Gasteiger partial charge in [-0.25, -0.2) is 4.99 Å². The van der Waals surface area contributed by atoms with Crippen LogP contribution in [0.5, 0.6) is 0 Å². The minimum absolute atomic E-state index is 0.0702. The number of likely N-dealkylation sites (N-methyl/N-ethyl adjacent to an activating group) is 1. The Labute approximate surface area is 193 Å². The molecule has 180 valence electrons. The molecule has 4 nitrogen and oxygen atoms in total. The molecule has 0 fully saturated rings. The number of nitrogens with one attached hydrogen (secondary N) is 1. The maximum atomic E-state index is 11.2. The second-order valence-corrected chi connectivity index (χ2v) is 9.55. The van der Waals surface area contributed by atoms with E-state index in [1.807, 2.05) is 6.08 Å².